The second-order valence-electron chi connectivity index (χ2n) is 2.58. The first-order valence-electron chi connectivity index (χ1n) is 3.53. The summed E-state index contributed by atoms with van der Waals surface area (Å²) in [5.41, 5.74) is 1.70. The molecule has 12 heavy (non-hydrogen) atoms. The Morgan fingerprint density at radius 3 is 2.83 bits per heavy atom. The van der Waals surface area contributed by atoms with Gasteiger partial charge in [0, 0.05) is 0 Å². The Morgan fingerprint density at radius 1 is 1.33 bits per heavy atom. The topological polar surface area (TPSA) is 43.1 Å². The first-order valence-corrected chi connectivity index (χ1v) is 4.32. The van der Waals surface area contributed by atoms with E-state index in [-0.39, 0.29) is 0 Å². The summed E-state index contributed by atoms with van der Waals surface area (Å²) < 4.78 is 2.50. The second-order valence-corrected chi connectivity index (χ2v) is 3.39. The molecule has 0 aliphatic rings. The normalized spacial score (nSPS) is 10.9. The summed E-state index contributed by atoms with van der Waals surface area (Å²) in [5.74, 6) is 0.762. The maximum absolute atomic E-state index is 4.22. The number of fused-ring (bicyclic) bond motifs is 1. The van der Waals surface area contributed by atoms with E-state index in [1.165, 1.54) is 0 Å². The molecular formula is C7H7BrN4. The third-order valence-corrected chi connectivity index (χ3v) is 1.95. The molecule has 62 valence electrons. The predicted octanol–water partition coefficient (Wildman–Crippen LogP) is 1.50. The molecule has 0 unspecified atom stereocenters. The molecule has 0 aliphatic carbocycles. The lowest BCUT2D eigenvalue weighted by atomic mass is 10.5. The Bertz CT molecular complexity index is 434. The van der Waals surface area contributed by atoms with Crippen LogP contribution in [0.3, 0.4) is 0 Å². The third kappa shape index (κ3) is 1.10. The number of aryl methyl sites for hydroxylation is 2. The molecule has 2 heterocycles. The molecule has 2 aromatic heterocycles. The van der Waals surface area contributed by atoms with Gasteiger partial charge >= 0.3 is 0 Å². The van der Waals surface area contributed by atoms with Gasteiger partial charge in [-0.3, -0.25) is 0 Å². The maximum atomic E-state index is 4.22. The molecule has 0 fully saturated rings. The lowest BCUT2D eigenvalue weighted by molar-refractivity contribution is 0.904. The highest BCUT2D eigenvalue weighted by Gasteiger charge is 2.04. The molecule has 0 saturated carbocycles. The van der Waals surface area contributed by atoms with Gasteiger partial charge in [-0.1, -0.05) is 0 Å². The minimum atomic E-state index is 0.762. The lowest BCUT2D eigenvalue weighted by Crippen LogP contribution is -1.93. The van der Waals surface area contributed by atoms with E-state index in [4.69, 9.17) is 0 Å². The van der Waals surface area contributed by atoms with Gasteiger partial charge in [-0.2, -0.15) is 5.10 Å². The molecule has 0 aromatic carbocycles. The van der Waals surface area contributed by atoms with Crippen molar-refractivity contribution < 1.29 is 0 Å². The molecule has 0 aliphatic heterocycles. The average molecular weight is 227 g/mol. The van der Waals surface area contributed by atoms with Crippen molar-refractivity contribution in [1.82, 2.24) is 19.6 Å². The Labute approximate surface area is 77.8 Å². The van der Waals surface area contributed by atoms with Gasteiger partial charge in [0.1, 0.15) is 10.4 Å². The van der Waals surface area contributed by atoms with Crippen LogP contribution in [0.1, 0.15) is 11.5 Å². The molecular weight excluding hydrogens is 220 g/mol. The third-order valence-electron chi connectivity index (χ3n) is 1.56. The van der Waals surface area contributed by atoms with Gasteiger partial charge < -0.3 is 0 Å². The van der Waals surface area contributed by atoms with Crippen molar-refractivity contribution in [2.45, 2.75) is 13.8 Å². The highest BCUT2D eigenvalue weighted by atomic mass is 79.9. The van der Waals surface area contributed by atoms with Gasteiger partial charge in [0.15, 0.2) is 5.65 Å². The number of hydrogen-bond donors (Lipinski definition) is 0. The van der Waals surface area contributed by atoms with Gasteiger partial charge in [-0.05, 0) is 29.8 Å². The highest BCUT2D eigenvalue weighted by Crippen LogP contribution is 2.10. The molecule has 0 N–H and O–H groups in total. The maximum Gasteiger partial charge on any atom is 0.176 e. The van der Waals surface area contributed by atoms with E-state index < -0.39 is 0 Å². The first kappa shape index (κ1) is 7.67. The van der Waals surface area contributed by atoms with Gasteiger partial charge in [-0.25, -0.2) is 14.5 Å². The van der Waals surface area contributed by atoms with Crippen LogP contribution in [0.15, 0.2) is 10.8 Å². The van der Waals surface area contributed by atoms with Crippen molar-refractivity contribution >= 4 is 21.6 Å². The fourth-order valence-corrected chi connectivity index (χ4v) is 1.57. The minimum Gasteiger partial charge on any atom is -0.241 e. The summed E-state index contributed by atoms with van der Waals surface area (Å²) in [6.07, 6.45) is 1.79. The molecule has 0 amide bonds. The zero-order chi connectivity index (χ0) is 8.72. The SMILES string of the molecule is Cc1nc2c(C)nc(Br)cn2n1. The quantitative estimate of drug-likeness (QED) is 0.684. The molecule has 0 atom stereocenters. The van der Waals surface area contributed by atoms with Crippen molar-refractivity contribution in [3.05, 3.63) is 22.3 Å². The Hall–Kier alpha value is -0.970. The van der Waals surface area contributed by atoms with Gasteiger partial charge in [0.25, 0.3) is 0 Å². The standard InChI is InChI=1S/C7H7BrN4/c1-4-7-10-5(2)11-12(7)3-6(8)9-4/h3H,1-2H3. The van der Waals surface area contributed by atoms with Crippen LogP contribution in [0.2, 0.25) is 0 Å². The van der Waals surface area contributed by atoms with Crippen LogP contribution in [0.25, 0.3) is 5.65 Å². The fraction of sp³-hybridized carbons (Fsp3) is 0.286. The van der Waals surface area contributed by atoms with Crippen LogP contribution in [-0.2, 0) is 0 Å². The molecule has 2 aromatic rings. The van der Waals surface area contributed by atoms with Crippen LogP contribution in [-0.4, -0.2) is 19.6 Å². The molecule has 0 radical (unpaired) electrons. The van der Waals surface area contributed by atoms with E-state index in [1.54, 1.807) is 10.7 Å². The summed E-state index contributed by atoms with van der Waals surface area (Å²) in [6.45, 7) is 3.77. The first-order chi connectivity index (χ1) is 5.66. The lowest BCUT2D eigenvalue weighted by Gasteiger charge is -1.95. The van der Waals surface area contributed by atoms with Crippen molar-refractivity contribution in [2.24, 2.45) is 0 Å². The fourth-order valence-electron chi connectivity index (χ4n) is 1.11. The van der Waals surface area contributed by atoms with Gasteiger partial charge in [-0.15, -0.1) is 0 Å². The molecule has 4 nitrogen and oxygen atoms in total. The number of nitrogens with zero attached hydrogens (tertiary/aromatic N) is 4. The van der Waals surface area contributed by atoms with Crippen LogP contribution in [0.5, 0.6) is 0 Å². The van der Waals surface area contributed by atoms with Crippen LogP contribution in [0.4, 0.5) is 0 Å². The monoisotopic (exact) mass is 226 g/mol. The van der Waals surface area contributed by atoms with Crippen molar-refractivity contribution in [2.75, 3.05) is 0 Å². The van der Waals surface area contributed by atoms with Crippen molar-refractivity contribution in [3.8, 4) is 0 Å². The summed E-state index contributed by atoms with van der Waals surface area (Å²) in [7, 11) is 0. The Kier molecular flexibility index (Phi) is 1.61. The average Bonchev–Trinajstić information content (AvgIpc) is 2.29. The summed E-state index contributed by atoms with van der Waals surface area (Å²) in [4.78, 5) is 8.43. The predicted molar refractivity (Wildman–Crippen MR) is 48.0 cm³/mol. The smallest absolute Gasteiger partial charge is 0.176 e. The summed E-state index contributed by atoms with van der Waals surface area (Å²) in [6, 6.07) is 0. The van der Waals surface area contributed by atoms with Gasteiger partial charge in [0.05, 0.1) is 11.9 Å². The number of hydrogen-bond acceptors (Lipinski definition) is 3. The van der Waals surface area contributed by atoms with E-state index in [9.17, 15) is 0 Å². The minimum absolute atomic E-state index is 0.762. The van der Waals surface area contributed by atoms with E-state index >= 15 is 0 Å². The Morgan fingerprint density at radius 2 is 2.08 bits per heavy atom. The van der Waals surface area contributed by atoms with Crippen LogP contribution in [0, 0.1) is 13.8 Å². The second kappa shape index (κ2) is 2.52. The molecule has 0 bridgehead atoms. The zero-order valence-electron chi connectivity index (χ0n) is 6.74. The van der Waals surface area contributed by atoms with Crippen LogP contribution >= 0.6 is 15.9 Å². The highest BCUT2D eigenvalue weighted by molar-refractivity contribution is 9.10. The van der Waals surface area contributed by atoms with E-state index in [0.29, 0.717) is 0 Å². The molecule has 0 spiro atoms. The van der Waals surface area contributed by atoms with Crippen molar-refractivity contribution in [3.63, 3.8) is 0 Å². The van der Waals surface area contributed by atoms with E-state index in [0.717, 1.165) is 21.8 Å². The van der Waals surface area contributed by atoms with E-state index in [2.05, 4.69) is 31.0 Å². The number of rotatable bonds is 0. The van der Waals surface area contributed by atoms with Crippen LogP contribution < -0.4 is 0 Å². The summed E-state index contributed by atoms with van der Waals surface area (Å²) >= 11 is 3.29. The van der Waals surface area contributed by atoms with Gasteiger partial charge in [0.2, 0.25) is 0 Å². The summed E-state index contributed by atoms with van der Waals surface area (Å²) in [5, 5.41) is 4.17. The largest absolute Gasteiger partial charge is 0.241 e. The molecule has 2 rings (SSSR count). The Balaban J connectivity index is 2.88. The van der Waals surface area contributed by atoms with E-state index in [1.807, 2.05) is 13.8 Å². The number of halogens is 1. The number of aromatic nitrogens is 4. The molecule has 5 heteroatoms. The van der Waals surface area contributed by atoms with Crippen molar-refractivity contribution in [1.29, 1.82) is 0 Å². The molecule has 0 saturated heterocycles. The zero-order valence-corrected chi connectivity index (χ0v) is 8.33.